The molecule has 0 aliphatic heterocycles. The van der Waals surface area contributed by atoms with E-state index in [9.17, 15) is 17.6 Å². The summed E-state index contributed by atoms with van der Waals surface area (Å²) in [4.78, 5) is 0. The first-order valence-corrected chi connectivity index (χ1v) is 6.27. The fourth-order valence-corrected chi connectivity index (χ4v) is 2.30. The summed E-state index contributed by atoms with van der Waals surface area (Å²) in [5, 5.41) is 2.96. The number of hydrogen-bond donors (Lipinski definition) is 1. The van der Waals surface area contributed by atoms with Gasteiger partial charge in [-0.3, -0.25) is 0 Å². The number of rotatable bonds is 4. The number of alkyl halides is 4. The summed E-state index contributed by atoms with van der Waals surface area (Å²) in [5.74, 6) is 0. The number of likely N-dealkylation sites (N-methyl/N-ethyl adjacent to an activating group) is 1. The summed E-state index contributed by atoms with van der Waals surface area (Å²) in [6, 6.07) is 3.77. The van der Waals surface area contributed by atoms with Gasteiger partial charge in [-0.05, 0) is 31.7 Å². The second-order valence-corrected chi connectivity index (χ2v) is 4.66. The van der Waals surface area contributed by atoms with Crippen LogP contribution in [0.5, 0.6) is 0 Å². The predicted octanol–water partition coefficient (Wildman–Crippen LogP) is 4.16. The summed E-state index contributed by atoms with van der Waals surface area (Å²) in [6.07, 6.45) is -3.65. The molecule has 0 bridgehead atoms. The summed E-state index contributed by atoms with van der Waals surface area (Å²) in [5.41, 5.74) is -3.45. The lowest BCUT2D eigenvalue weighted by Crippen LogP contribution is -2.53. The van der Waals surface area contributed by atoms with Gasteiger partial charge in [-0.15, -0.1) is 0 Å². The van der Waals surface area contributed by atoms with Crippen LogP contribution in [0.15, 0.2) is 34.9 Å². The van der Waals surface area contributed by atoms with Crippen molar-refractivity contribution in [3.05, 3.63) is 36.1 Å². The molecule has 0 fully saturated rings. The fourth-order valence-electron chi connectivity index (χ4n) is 2.30. The van der Waals surface area contributed by atoms with Crippen LogP contribution in [0.4, 0.5) is 17.6 Å². The maximum Gasteiger partial charge on any atom is 0.428 e. The molecule has 2 unspecified atom stereocenters. The zero-order valence-corrected chi connectivity index (χ0v) is 11.1. The lowest BCUT2D eigenvalue weighted by atomic mass is 9.87. The first kappa shape index (κ1) is 14.8. The van der Waals surface area contributed by atoms with E-state index < -0.39 is 23.5 Å². The number of nitrogens with one attached hydrogen (secondary N) is 1. The summed E-state index contributed by atoms with van der Waals surface area (Å²) >= 11 is 0. The lowest BCUT2D eigenvalue weighted by Gasteiger charge is -2.34. The van der Waals surface area contributed by atoms with E-state index in [4.69, 9.17) is 4.42 Å². The highest BCUT2D eigenvalue weighted by Crippen LogP contribution is 2.45. The molecule has 20 heavy (non-hydrogen) atoms. The summed E-state index contributed by atoms with van der Waals surface area (Å²) in [7, 11) is 0. The number of hydrogen-bond acceptors (Lipinski definition) is 2. The van der Waals surface area contributed by atoms with Crippen LogP contribution < -0.4 is 5.32 Å². The van der Waals surface area contributed by atoms with Crippen molar-refractivity contribution in [3.8, 4) is 0 Å². The molecule has 2 aromatic rings. The molecular formula is C14H15F4NO. The van der Waals surface area contributed by atoms with Gasteiger partial charge >= 0.3 is 6.18 Å². The minimum absolute atomic E-state index is 0.247. The smallest absolute Gasteiger partial charge is 0.428 e. The fraction of sp³-hybridized carbons (Fsp3) is 0.429. The first-order valence-electron chi connectivity index (χ1n) is 6.27. The zero-order valence-electron chi connectivity index (χ0n) is 11.1. The van der Waals surface area contributed by atoms with E-state index in [1.165, 1.54) is 31.4 Å². The van der Waals surface area contributed by atoms with Crippen LogP contribution in [0.25, 0.3) is 11.0 Å². The largest absolute Gasteiger partial charge is 0.464 e. The Balaban J connectivity index is 2.55. The molecule has 0 amide bonds. The normalized spacial score (nSPS) is 17.1. The van der Waals surface area contributed by atoms with Crippen LogP contribution in [-0.2, 0) is 5.67 Å². The van der Waals surface area contributed by atoms with Gasteiger partial charge in [0, 0.05) is 10.9 Å². The maximum absolute atomic E-state index is 14.8. The number of fused-ring (bicyclic) bond motifs is 1. The van der Waals surface area contributed by atoms with E-state index in [0.717, 1.165) is 6.07 Å². The number of halogens is 4. The molecule has 2 rings (SSSR count). The molecule has 1 aromatic carbocycles. The molecule has 2 nitrogen and oxygen atoms in total. The molecule has 0 saturated carbocycles. The molecule has 0 saturated heterocycles. The van der Waals surface area contributed by atoms with Crippen molar-refractivity contribution in [1.82, 2.24) is 5.32 Å². The lowest BCUT2D eigenvalue weighted by molar-refractivity contribution is -0.244. The van der Waals surface area contributed by atoms with Crippen LogP contribution in [0, 0.1) is 0 Å². The van der Waals surface area contributed by atoms with Crippen molar-refractivity contribution < 1.29 is 22.0 Å². The van der Waals surface area contributed by atoms with E-state index in [0.29, 0.717) is 11.0 Å². The molecule has 110 valence electrons. The molecule has 1 N–H and O–H groups in total. The van der Waals surface area contributed by atoms with Gasteiger partial charge in [0.05, 0.1) is 12.3 Å². The molecule has 0 spiro atoms. The standard InChI is InChI=1S/C14H15F4NO/c1-3-19-9(2)13(15,14(16,17)18)11-4-5-12-10(8-11)6-7-20-12/h4-9,19H,3H2,1-2H3. The highest BCUT2D eigenvalue weighted by atomic mass is 19.4. The Hall–Kier alpha value is -1.56. The zero-order chi connectivity index (χ0) is 15.0. The number of benzene rings is 1. The Morgan fingerprint density at radius 3 is 2.50 bits per heavy atom. The van der Waals surface area contributed by atoms with Crippen LogP contribution >= 0.6 is 0 Å². The third-order valence-corrected chi connectivity index (χ3v) is 3.39. The van der Waals surface area contributed by atoms with Crippen molar-refractivity contribution >= 4 is 11.0 Å². The second-order valence-electron chi connectivity index (χ2n) is 4.66. The Kier molecular flexibility index (Phi) is 3.77. The SMILES string of the molecule is CCNC(C)C(F)(c1ccc2occc2c1)C(F)(F)F. The molecule has 0 aliphatic rings. The minimum atomic E-state index is -5.01. The molecule has 2 atom stereocenters. The second kappa shape index (κ2) is 5.09. The van der Waals surface area contributed by atoms with Crippen LogP contribution in [-0.4, -0.2) is 18.8 Å². The Labute approximate surface area is 113 Å². The van der Waals surface area contributed by atoms with Gasteiger partial charge in [-0.2, -0.15) is 13.2 Å². The molecule has 1 aromatic heterocycles. The van der Waals surface area contributed by atoms with Crippen molar-refractivity contribution in [2.24, 2.45) is 0 Å². The van der Waals surface area contributed by atoms with Gasteiger partial charge in [0.15, 0.2) is 0 Å². The Morgan fingerprint density at radius 2 is 1.90 bits per heavy atom. The number of furan rings is 1. The van der Waals surface area contributed by atoms with Crippen LogP contribution in [0.3, 0.4) is 0 Å². The van der Waals surface area contributed by atoms with E-state index in [1.807, 2.05) is 0 Å². The summed E-state index contributed by atoms with van der Waals surface area (Å²) < 4.78 is 59.6. The van der Waals surface area contributed by atoms with Crippen molar-refractivity contribution in [3.63, 3.8) is 0 Å². The Morgan fingerprint density at radius 1 is 1.20 bits per heavy atom. The first-order chi connectivity index (χ1) is 9.30. The van der Waals surface area contributed by atoms with Gasteiger partial charge in [-0.1, -0.05) is 13.0 Å². The molecule has 6 heteroatoms. The van der Waals surface area contributed by atoms with Crippen molar-refractivity contribution in [2.45, 2.75) is 31.7 Å². The van der Waals surface area contributed by atoms with E-state index in [1.54, 1.807) is 6.92 Å². The highest BCUT2D eigenvalue weighted by Gasteiger charge is 2.60. The average Bonchev–Trinajstić information content (AvgIpc) is 2.83. The Bertz CT molecular complexity index is 592. The molecule has 0 aliphatic carbocycles. The molecular weight excluding hydrogens is 274 g/mol. The molecule has 0 radical (unpaired) electrons. The van der Waals surface area contributed by atoms with Crippen molar-refractivity contribution in [1.29, 1.82) is 0 Å². The van der Waals surface area contributed by atoms with E-state index >= 15 is 0 Å². The average molecular weight is 289 g/mol. The highest BCUT2D eigenvalue weighted by molar-refractivity contribution is 5.78. The third-order valence-electron chi connectivity index (χ3n) is 3.39. The van der Waals surface area contributed by atoms with Crippen LogP contribution in [0.1, 0.15) is 19.4 Å². The topological polar surface area (TPSA) is 25.2 Å². The quantitative estimate of drug-likeness (QED) is 0.855. The van der Waals surface area contributed by atoms with Gasteiger partial charge in [0.2, 0.25) is 5.67 Å². The van der Waals surface area contributed by atoms with Gasteiger partial charge in [-0.25, -0.2) is 4.39 Å². The monoisotopic (exact) mass is 289 g/mol. The van der Waals surface area contributed by atoms with E-state index in [2.05, 4.69) is 5.32 Å². The van der Waals surface area contributed by atoms with Gasteiger partial charge in [0.1, 0.15) is 5.58 Å². The van der Waals surface area contributed by atoms with E-state index in [-0.39, 0.29) is 6.54 Å². The third kappa shape index (κ3) is 2.28. The van der Waals surface area contributed by atoms with Crippen LogP contribution in [0.2, 0.25) is 0 Å². The van der Waals surface area contributed by atoms with Gasteiger partial charge < -0.3 is 9.73 Å². The molecule has 1 heterocycles. The summed E-state index contributed by atoms with van der Waals surface area (Å²) in [6.45, 7) is 3.07. The predicted molar refractivity (Wildman–Crippen MR) is 68.2 cm³/mol. The minimum Gasteiger partial charge on any atom is -0.464 e. The van der Waals surface area contributed by atoms with Crippen molar-refractivity contribution in [2.75, 3.05) is 6.54 Å². The van der Waals surface area contributed by atoms with Gasteiger partial charge in [0.25, 0.3) is 0 Å². The maximum atomic E-state index is 14.8.